The van der Waals surface area contributed by atoms with Crippen LogP contribution in [-0.4, -0.2) is 19.8 Å². The van der Waals surface area contributed by atoms with Crippen molar-refractivity contribution in [2.45, 2.75) is 39.7 Å². The van der Waals surface area contributed by atoms with E-state index in [0.717, 1.165) is 26.2 Å². The average molecular weight is 235 g/mol. The van der Waals surface area contributed by atoms with Crippen molar-refractivity contribution in [1.82, 2.24) is 5.32 Å². The topological polar surface area (TPSA) is 21.3 Å². The SMILES string of the molecule is CCCCOCCN[C@@H](C)c1ccc(C)cc1. The lowest BCUT2D eigenvalue weighted by Crippen LogP contribution is -2.23. The maximum Gasteiger partial charge on any atom is 0.0591 e. The maximum atomic E-state index is 5.52. The smallest absolute Gasteiger partial charge is 0.0591 e. The van der Waals surface area contributed by atoms with E-state index in [2.05, 4.69) is 50.4 Å². The number of ether oxygens (including phenoxy) is 1. The molecule has 1 aromatic carbocycles. The van der Waals surface area contributed by atoms with E-state index >= 15 is 0 Å². The Morgan fingerprint density at radius 3 is 2.53 bits per heavy atom. The van der Waals surface area contributed by atoms with Gasteiger partial charge in [0.15, 0.2) is 0 Å². The van der Waals surface area contributed by atoms with Crippen LogP contribution in [0.15, 0.2) is 24.3 Å². The Hall–Kier alpha value is -0.860. The highest BCUT2D eigenvalue weighted by molar-refractivity contribution is 5.23. The zero-order chi connectivity index (χ0) is 12.5. The Labute approximate surface area is 105 Å². The van der Waals surface area contributed by atoms with Crippen molar-refractivity contribution in [1.29, 1.82) is 0 Å². The third-order valence-corrected chi connectivity index (χ3v) is 2.92. The molecule has 0 heterocycles. The summed E-state index contributed by atoms with van der Waals surface area (Å²) in [5.74, 6) is 0. The minimum atomic E-state index is 0.394. The first-order valence-corrected chi connectivity index (χ1v) is 6.61. The van der Waals surface area contributed by atoms with E-state index in [1.54, 1.807) is 0 Å². The molecule has 0 fully saturated rings. The molecule has 0 aliphatic carbocycles. The Balaban J connectivity index is 2.16. The molecule has 0 aromatic heterocycles. The molecule has 0 saturated carbocycles. The molecule has 0 bridgehead atoms. The Morgan fingerprint density at radius 1 is 1.18 bits per heavy atom. The van der Waals surface area contributed by atoms with Crippen LogP contribution in [0.4, 0.5) is 0 Å². The molecule has 2 heteroatoms. The molecule has 1 N–H and O–H groups in total. The number of rotatable bonds is 8. The molecule has 0 unspecified atom stereocenters. The Bertz CT molecular complexity index is 294. The van der Waals surface area contributed by atoms with Gasteiger partial charge in [0.25, 0.3) is 0 Å². The van der Waals surface area contributed by atoms with E-state index in [-0.39, 0.29) is 0 Å². The lowest BCUT2D eigenvalue weighted by molar-refractivity contribution is 0.131. The van der Waals surface area contributed by atoms with Crippen LogP contribution in [0.1, 0.15) is 43.9 Å². The van der Waals surface area contributed by atoms with Gasteiger partial charge in [-0.05, 0) is 25.8 Å². The predicted molar refractivity (Wildman–Crippen MR) is 73.3 cm³/mol. The van der Waals surface area contributed by atoms with E-state index in [0.29, 0.717) is 6.04 Å². The standard InChI is InChI=1S/C15H25NO/c1-4-5-11-17-12-10-16-14(3)15-8-6-13(2)7-9-15/h6-9,14,16H,4-5,10-12H2,1-3H3/t14-/m0/s1. The molecule has 1 aromatic rings. The first-order chi connectivity index (χ1) is 8.24. The van der Waals surface area contributed by atoms with Crippen molar-refractivity contribution < 1.29 is 4.74 Å². The highest BCUT2D eigenvalue weighted by Crippen LogP contribution is 2.12. The number of unbranched alkanes of at least 4 members (excludes halogenated alkanes) is 1. The van der Waals surface area contributed by atoms with Crippen LogP contribution in [0, 0.1) is 6.92 Å². The number of hydrogen-bond acceptors (Lipinski definition) is 2. The summed E-state index contributed by atoms with van der Waals surface area (Å²) < 4.78 is 5.52. The van der Waals surface area contributed by atoms with E-state index in [9.17, 15) is 0 Å². The second kappa shape index (κ2) is 8.26. The first-order valence-electron chi connectivity index (χ1n) is 6.61. The summed E-state index contributed by atoms with van der Waals surface area (Å²) >= 11 is 0. The molecule has 0 radical (unpaired) electrons. The van der Waals surface area contributed by atoms with Gasteiger partial charge in [-0.3, -0.25) is 0 Å². The van der Waals surface area contributed by atoms with Crippen LogP contribution in [0.3, 0.4) is 0 Å². The third kappa shape index (κ3) is 5.85. The lowest BCUT2D eigenvalue weighted by atomic mass is 10.1. The lowest BCUT2D eigenvalue weighted by Gasteiger charge is -2.14. The molecule has 0 aliphatic rings. The summed E-state index contributed by atoms with van der Waals surface area (Å²) in [5.41, 5.74) is 2.65. The summed E-state index contributed by atoms with van der Waals surface area (Å²) in [5, 5.41) is 3.47. The van der Waals surface area contributed by atoms with E-state index in [4.69, 9.17) is 4.74 Å². The highest BCUT2D eigenvalue weighted by Gasteiger charge is 2.03. The largest absolute Gasteiger partial charge is 0.380 e. The number of nitrogens with one attached hydrogen (secondary N) is 1. The summed E-state index contributed by atoms with van der Waals surface area (Å²) in [7, 11) is 0. The van der Waals surface area contributed by atoms with Gasteiger partial charge in [0.1, 0.15) is 0 Å². The van der Waals surface area contributed by atoms with Crippen molar-refractivity contribution in [3.05, 3.63) is 35.4 Å². The normalized spacial score (nSPS) is 12.6. The number of hydrogen-bond donors (Lipinski definition) is 1. The zero-order valence-electron chi connectivity index (χ0n) is 11.3. The molecule has 0 aliphatic heterocycles. The van der Waals surface area contributed by atoms with Crippen LogP contribution in [0.25, 0.3) is 0 Å². The Kier molecular flexibility index (Phi) is 6.90. The van der Waals surface area contributed by atoms with E-state index in [1.807, 2.05) is 0 Å². The summed E-state index contributed by atoms with van der Waals surface area (Å²) in [6.45, 7) is 9.09. The first kappa shape index (κ1) is 14.2. The Morgan fingerprint density at radius 2 is 1.88 bits per heavy atom. The molecule has 0 amide bonds. The maximum absolute atomic E-state index is 5.52. The van der Waals surface area contributed by atoms with Crippen LogP contribution in [0.2, 0.25) is 0 Å². The van der Waals surface area contributed by atoms with Gasteiger partial charge < -0.3 is 10.1 Å². The van der Waals surface area contributed by atoms with Crippen LogP contribution in [-0.2, 0) is 4.74 Å². The van der Waals surface area contributed by atoms with Crippen molar-refractivity contribution in [2.75, 3.05) is 19.8 Å². The molecule has 17 heavy (non-hydrogen) atoms. The third-order valence-electron chi connectivity index (χ3n) is 2.92. The van der Waals surface area contributed by atoms with Crippen molar-refractivity contribution >= 4 is 0 Å². The zero-order valence-corrected chi connectivity index (χ0v) is 11.3. The van der Waals surface area contributed by atoms with Gasteiger partial charge in [-0.25, -0.2) is 0 Å². The van der Waals surface area contributed by atoms with Gasteiger partial charge in [0.2, 0.25) is 0 Å². The van der Waals surface area contributed by atoms with Gasteiger partial charge in [0.05, 0.1) is 6.61 Å². The number of benzene rings is 1. The summed E-state index contributed by atoms with van der Waals surface area (Å²) in [6, 6.07) is 9.08. The van der Waals surface area contributed by atoms with Crippen LogP contribution < -0.4 is 5.32 Å². The second-order valence-electron chi connectivity index (χ2n) is 4.55. The molecule has 2 nitrogen and oxygen atoms in total. The van der Waals surface area contributed by atoms with Gasteiger partial charge >= 0.3 is 0 Å². The minimum absolute atomic E-state index is 0.394. The molecule has 1 atom stereocenters. The quantitative estimate of drug-likeness (QED) is 0.697. The second-order valence-corrected chi connectivity index (χ2v) is 4.55. The van der Waals surface area contributed by atoms with E-state index < -0.39 is 0 Å². The molecular weight excluding hydrogens is 210 g/mol. The van der Waals surface area contributed by atoms with Gasteiger partial charge in [-0.15, -0.1) is 0 Å². The van der Waals surface area contributed by atoms with E-state index in [1.165, 1.54) is 17.5 Å². The summed E-state index contributed by atoms with van der Waals surface area (Å²) in [6.07, 6.45) is 2.36. The van der Waals surface area contributed by atoms with Gasteiger partial charge in [0, 0.05) is 19.2 Å². The molecule has 1 rings (SSSR count). The van der Waals surface area contributed by atoms with Gasteiger partial charge in [-0.2, -0.15) is 0 Å². The fourth-order valence-corrected chi connectivity index (χ4v) is 1.67. The molecule has 96 valence electrons. The molecule has 0 spiro atoms. The van der Waals surface area contributed by atoms with Crippen molar-refractivity contribution in [3.8, 4) is 0 Å². The highest BCUT2D eigenvalue weighted by atomic mass is 16.5. The minimum Gasteiger partial charge on any atom is -0.380 e. The summed E-state index contributed by atoms with van der Waals surface area (Å²) in [4.78, 5) is 0. The average Bonchev–Trinajstić information content (AvgIpc) is 2.34. The van der Waals surface area contributed by atoms with Crippen LogP contribution in [0.5, 0.6) is 0 Å². The fourth-order valence-electron chi connectivity index (χ4n) is 1.67. The number of aryl methyl sites for hydroxylation is 1. The monoisotopic (exact) mass is 235 g/mol. The van der Waals surface area contributed by atoms with Gasteiger partial charge in [-0.1, -0.05) is 43.2 Å². The van der Waals surface area contributed by atoms with Crippen molar-refractivity contribution in [2.24, 2.45) is 0 Å². The molecule has 0 saturated heterocycles. The van der Waals surface area contributed by atoms with Crippen molar-refractivity contribution in [3.63, 3.8) is 0 Å². The molecular formula is C15H25NO. The predicted octanol–water partition coefficient (Wildman–Crippen LogP) is 3.46. The fraction of sp³-hybridized carbons (Fsp3) is 0.600. The van der Waals surface area contributed by atoms with Crippen LogP contribution >= 0.6 is 0 Å².